The topological polar surface area (TPSA) is 55.8 Å². The van der Waals surface area contributed by atoms with E-state index in [9.17, 15) is 9.59 Å². The summed E-state index contributed by atoms with van der Waals surface area (Å²) in [5.41, 5.74) is -0.466. The highest BCUT2D eigenvalue weighted by atomic mass is 16.6. The van der Waals surface area contributed by atoms with Gasteiger partial charge in [0.25, 0.3) is 0 Å². The molecule has 2 aliphatic rings. The number of rotatable bonds is 2. The van der Waals surface area contributed by atoms with Crippen LogP contribution in [-0.2, 0) is 19.1 Å². The van der Waals surface area contributed by atoms with E-state index in [-0.39, 0.29) is 17.8 Å². The first kappa shape index (κ1) is 13.3. The van der Waals surface area contributed by atoms with Crippen molar-refractivity contribution in [1.82, 2.24) is 4.90 Å². The van der Waals surface area contributed by atoms with Gasteiger partial charge < -0.3 is 14.4 Å². The Kier molecular flexibility index (Phi) is 3.61. The highest BCUT2D eigenvalue weighted by Crippen LogP contribution is 2.30. The minimum Gasteiger partial charge on any atom is -0.458 e. The van der Waals surface area contributed by atoms with Crippen molar-refractivity contribution < 1.29 is 19.1 Å². The molecule has 1 amide bonds. The van der Waals surface area contributed by atoms with Crippen LogP contribution in [0.2, 0.25) is 0 Å². The molecule has 0 N–H and O–H groups in total. The number of carbonyl (C=O) groups excluding carboxylic acids is 2. The van der Waals surface area contributed by atoms with E-state index >= 15 is 0 Å². The van der Waals surface area contributed by atoms with Crippen molar-refractivity contribution in [2.24, 2.45) is 5.92 Å². The van der Waals surface area contributed by atoms with Gasteiger partial charge in [0, 0.05) is 32.6 Å². The second kappa shape index (κ2) is 4.88. The first-order valence-corrected chi connectivity index (χ1v) is 6.48. The van der Waals surface area contributed by atoms with Crippen LogP contribution in [0, 0.1) is 5.92 Å². The van der Waals surface area contributed by atoms with E-state index in [0.29, 0.717) is 19.6 Å². The second-order valence-electron chi connectivity index (χ2n) is 5.74. The molecule has 2 saturated heterocycles. The Morgan fingerprint density at radius 1 is 1.33 bits per heavy atom. The van der Waals surface area contributed by atoms with Crippen LogP contribution in [-0.4, -0.2) is 48.7 Å². The van der Waals surface area contributed by atoms with Crippen LogP contribution in [0.1, 0.15) is 33.1 Å². The van der Waals surface area contributed by atoms with Gasteiger partial charge in [-0.3, -0.25) is 4.79 Å². The maximum absolute atomic E-state index is 12.3. The lowest BCUT2D eigenvalue weighted by molar-refractivity contribution is -0.153. The van der Waals surface area contributed by atoms with Gasteiger partial charge in [-0.05, 0) is 26.7 Å². The molecule has 0 aliphatic carbocycles. The van der Waals surface area contributed by atoms with Gasteiger partial charge in [0.2, 0.25) is 5.91 Å². The SMILES string of the molecule is CN(C(=O)C1CCOCC1)[C@@H]1CC(C)(C)OC1=O. The van der Waals surface area contributed by atoms with Crippen LogP contribution in [0.3, 0.4) is 0 Å². The number of amides is 1. The Morgan fingerprint density at radius 2 is 1.94 bits per heavy atom. The summed E-state index contributed by atoms with van der Waals surface area (Å²) in [5, 5.41) is 0. The van der Waals surface area contributed by atoms with E-state index in [1.54, 1.807) is 11.9 Å². The molecule has 1 atom stereocenters. The molecule has 0 aromatic heterocycles. The maximum atomic E-state index is 12.3. The summed E-state index contributed by atoms with van der Waals surface area (Å²) in [6.07, 6.45) is 2.06. The molecule has 0 radical (unpaired) electrons. The Bertz CT molecular complexity index is 347. The Morgan fingerprint density at radius 3 is 2.44 bits per heavy atom. The summed E-state index contributed by atoms with van der Waals surface area (Å²) in [7, 11) is 1.70. The third-order valence-corrected chi connectivity index (χ3v) is 3.72. The molecule has 0 bridgehead atoms. The van der Waals surface area contributed by atoms with Crippen LogP contribution in [0.4, 0.5) is 0 Å². The van der Waals surface area contributed by atoms with Gasteiger partial charge in [0.05, 0.1) is 0 Å². The molecule has 2 fully saturated rings. The van der Waals surface area contributed by atoms with Crippen LogP contribution in [0.5, 0.6) is 0 Å². The Balaban J connectivity index is 2.00. The van der Waals surface area contributed by atoms with Gasteiger partial charge in [-0.25, -0.2) is 4.79 Å². The molecule has 102 valence electrons. The lowest BCUT2D eigenvalue weighted by Crippen LogP contribution is -2.44. The summed E-state index contributed by atoms with van der Waals surface area (Å²) in [6, 6.07) is -0.435. The fourth-order valence-corrected chi connectivity index (χ4v) is 2.61. The Hall–Kier alpha value is -1.10. The molecule has 5 heteroatoms. The predicted molar refractivity (Wildman–Crippen MR) is 64.9 cm³/mol. The van der Waals surface area contributed by atoms with E-state index in [1.165, 1.54) is 0 Å². The van der Waals surface area contributed by atoms with E-state index in [4.69, 9.17) is 9.47 Å². The smallest absolute Gasteiger partial charge is 0.329 e. The fraction of sp³-hybridized carbons (Fsp3) is 0.846. The maximum Gasteiger partial charge on any atom is 0.329 e. The molecule has 0 aromatic rings. The first-order chi connectivity index (χ1) is 8.41. The van der Waals surface area contributed by atoms with Gasteiger partial charge in [-0.1, -0.05) is 0 Å². The minimum atomic E-state index is -0.466. The van der Waals surface area contributed by atoms with E-state index in [1.807, 2.05) is 13.8 Å². The molecule has 0 saturated carbocycles. The van der Waals surface area contributed by atoms with E-state index < -0.39 is 11.6 Å². The van der Waals surface area contributed by atoms with Gasteiger partial charge in [0.15, 0.2) is 0 Å². The van der Waals surface area contributed by atoms with Gasteiger partial charge in [-0.2, -0.15) is 0 Å². The molecule has 0 aromatic carbocycles. The number of ether oxygens (including phenoxy) is 2. The monoisotopic (exact) mass is 255 g/mol. The number of hydrogen-bond acceptors (Lipinski definition) is 4. The van der Waals surface area contributed by atoms with Crippen LogP contribution >= 0.6 is 0 Å². The van der Waals surface area contributed by atoms with E-state index in [0.717, 1.165) is 12.8 Å². The molecule has 18 heavy (non-hydrogen) atoms. The van der Waals surface area contributed by atoms with Crippen molar-refractivity contribution in [2.75, 3.05) is 20.3 Å². The van der Waals surface area contributed by atoms with Crippen molar-refractivity contribution in [3.8, 4) is 0 Å². The fourth-order valence-electron chi connectivity index (χ4n) is 2.61. The quantitative estimate of drug-likeness (QED) is 0.690. The molecular weight excluding hydrogens is 234 g/mol. The summed E-state index contributed by atoms with van der Waals surface area (Å²) in [4.78, 5) is 25.6. The van der Waals surface area contributed by atoms with Crippen molar-refractivity contribution in [3.63, 3.8) is 0 Å². The van der Waals surface area contributed by atoms with Crippen molar-refractivity contribution in [1.29, 1.82) is 0 Å². The van der Waals surface area contributed by atoms with Gasteiger partial charge in [-0.15, -0.1) is 0 Å². The third kappa shape index (κ3) is 2.66. The average Bonchev–Trinajstić information content (AvgIpc) is 2.62. The minimum absolute atomic E-state index is 0.0136. The zero-order chi connectivity index (χ0) is 13.3. The third-order valence-electron chi connectivity index (χ3n) is 3.72. The first-order valence-electron chi connectivity index (χ1n) is 6.48. The summed E-state index contributed by atoms with van der Waals surface area (Å²) in [5.74, 6) is -0.263. The number of likely N-dealkylation sites (N-methyl/N-ethyl adjacent to an activating group) is 1. The number of hydrogen-bond donors (Lipinski definition) is 0. The number of cyclic esters (lactones) is 1. The van der Waals surface area contributed by atoms with Gasteiger partial charge in [0.1, 0.15) is 11.6 Å². The summed E-state index contributed by atoms with van der Waals surface area (Å²) >= 11 is 0. The molecule has 2 rings (SSSR count). The standard InChI is InChI=1S/C13H21NO4/c1-13(2)8-10(12(16)18-13)14(3)11(15)9-4-6-17-7-5-9/h9-10H,4-8H2,1-3H3/t10-/m1/s1. The second-order valence-corrected chi connectivity index (χ2v) is 5.74. The normalized spacial score (nSPS) is 27.9. The molecule has 0 spiro atoms. The Labute approximate surface area is 107 Å². The van der Waals surface area contributed by atoms with Crippen molar-refractivity contribution >= 4 is 11.9 Å². The number of carbonyl (C=O) groups is 2. The lowest BCUT2D eigenvalue weighted by atomic mass is 9.96. The molecule has 2 heterocycles. The van der Waals surface area contributed by atoms with E-state index in [2.05, 4.69) is 0 Å². The van der Waals surface area contributed by atoms with Crippen LogP contribution < -0.4 is 0 Å². The highest BCUT2D eigenvalue weighted by molar-refractivity contribution is 5.87. The number of nitrogens with zero attached hydrogens (tertiary/aromatic N) is 1. The average molecular weight is 255 g/mol. The molecule has 5 nitrogen and oxygen atoms in total. The van der Waals surface area contributed by atoms with Crippen LogP contribution in [0.15, 0.2) is 0 Å². The van der Waals surface area contributed by atoms with Crippen molar-refractivity contribution in [2.45, 2.75) is 44.8 Å². The number of esters is 1. The molecule has 2 aliphatic heterocycles. The molecular formula is C13H21NO4. The van der Waals surface area contributed by atoms with Crippen molar-refractivity contribution in [3.05, 3.63) is 0 Å². The largest absolute Gasteiger partial charge is 0.458 e. The summed E-state index contributed by atoms with van der Waals surface area (Å²) in [6.45, 7) is 5.00. The lowest BCUT2D eigenvalue weighted by Gasteiger charge is -2.29. The van der Waals surface area contributed by atoms with Gasteiger partial charge >= 0.3 is 5.97 Å². The summed E-state index contributed by atoms with van der Waals surface area (Å²) < 4.78 is 10.5. The molecule has 0 unspecified atom stereocenters. The zero-order valence-corrected chi connectivity index (χ0v) is 11.3. The predicted octanol–water partition coefficient (Wildman–Crippen LogP) is 0.966. The van der Waals surface area contributed by atoms with Crippen LogP contribution in [0.25, 0.3) is 0 Å². The highest BCUT2D eigenvalue weighted by Gasteiger charge is 2.44. The zero-order valence-electron chi connectivity index (χ0n) is 11.3.